The zero-order valence-electron chi connectivity index (χ0n) is 39.2. The first-order valence-corrected chi connectivity index (χ1v) is 21.9. The van der Waals surface area contributed by atoms with E-state index in [1.54, 1.807) is 13.8 Å². The van der Waals surface area contributed by atoms with Crippen molar-refractivity contribution in [1.29, 1.82) is 0 Å². The Hall–Kier alpha value is -7.17. The molecule has 0 saturated heterocycles. The van der Waals surface area contributed by atoms with E-state index in [2.05, 4.69) is 47.9 Å². The molecule has 0 rings (SSSR count). The number of aliphatic hydroxyl groups is 1. The molecule has 390 valence electrons. The summed E-state index contributed by atoms with van der Waals surface area (Å²) in [7, 11) is 0. The van der Waals surface area contributed by atoms with E-state index in [9.17, 15) is 78.0 Å². The maximum Gasteiger partial charge on any atom is 0.338 e. The lowest BCUT2D eigenvalue weighted by Gasteiger charge is -2.29. The predicted molar refractivity (Wildman–Crippen MR) is 237 cm³/mol. The highest BCUT2D eigenvalue weighted by Gasteiger charge is 2.37. The zero-order valence-corrected chi connectivity index (χ0v) is 39.2. The Labute approximate surface area is 396 Å². The topological polar surface area (TPSA) is 510 Å². The van der Waals surface area contributed by atoms with Crippen molar-refractivity contribution >= 4 is 77.1 Å². The van der Waals surface area contributed by atoms with Crippen molar-refractivity contribution in [2.24, 2.45) is 29.0 Å². The third kappa shape index (κ3) is 25.5. The van der Waals surface area contributed by atoms with Gasteiger partial charge >= 0.3 is 29.8 Å². The summed E-state index contributed by atoms with van der Waals surface area (Å²) in [5, 5.41) is 64.0. The van der Waals surface area contributed by atoms with Gasteiger partial charge < -0.3 is 74.2 Å². The molecule has 0 aliphatic heterocycles. The van der Waals surface area contributed by atoms with Gasteiger partial charge in [0.05, 0.1) is 25.5 Å². The normalized spacial score (nSPS) is 14.9. The monoisotopic (exact) mass is 990 g/mol. The van der Waals surface area contributed by atoms with Gasteiger partial charge in [0.1, 0.15) is 42.3 Å². The number of hydrogen-bond donors (Lipinski definition) is 17. The van der Waals surface area contributed by atoms with Gasteiger partial charge in [-0.1, -0.05) is 27.7 Å². The quantitative estimate of drug-likeness (QED) is 0.0162. The summed E-state index contributed by atoms with van der Waals surface area (Å²) in [5.41, 5.74) is 19.7. The van der Waals surface area contributed by atoms with Crippen LogP contribution >= 0.6 is 0 Å². The maximum atomic E-state index is 13.8. The molecule has 0 aliphatic rings. The molecule has 0 aromatic heterocycles. The highest BCUT2D eigenvalue weighted by atomic mass is 16.4. The average molecular weight is 991 g/mol. The largest absolute Gasteiger partial charge is 0.481 e. The second-order valence-corrected chi connectivity index (χ2v) is 16.9. The highest BCUT2D eigenvalue weighted by Crippen LogP contribution is 2.11. The lowest BCUT2D eigenvalue weighted by Crippen LogP contribution is -2.78. The van der Waals surface area contributed by atoms with Crippen LogP contribution in [0.5, 0.6) is 0 Å². The molecule has 8 amide bonds. The Morgan fingerprint density at radius 2 is 0.928 bits per heavy atom. The molecule has 9 atom stereocenters. The molecule has 0 spiro atoms. The molecule has 0 radical (unpaired) electrons. The van der Waals surface area contributed by atoms with Gasteiger partial charge in [-0.3, -0.25) is 69.2 Å². The number of guanidine groups is 1. The summed E-state index contributed by atoms with van der Waals surface area (Å²) in [6.07, 6.45) is -5.84. The fraction of sp³-hybridized carbons (Fsp3) is 0.675. The molecule has 0 aromatic rings. The SMILES string of the molecule is CC(C)C[C@H](NC(=O)[C@H](CCC[NH+]=C(N)N)NC(=O)[C@@H](NC(=O)[C@H](CC(=O)O)NC(=O)[C@H](CCC(N)=O)NC(=O)[C@@H](NC(=O)[C@H](CCC(=O)O)NC(=O)[C@@H]([NH3+])CCC(=O)O)C(C)C)[C@@H](C)O)C(=O)O. The van der Waals surface area contributed by atoms with Crippen LogP contribution in [0.15, 0.2) is 0 Å². The van der Waals surface area contributed by atoms with Gasteiger partial charge in [-0.15, -0.1) is 0 Å². The van der Waals surface area contributed by atoms with Crippen LogP contribution < -0.4 is 65.1 Å². The standard InChI is InChI=1S/C40H68N12O17/c1-17(2)15-25(39(68)69)50-33(62)21(7-6-14-45-40(43)44)47-38(67)31(19(5)53)52-36(65)24(16-29(59)60)49-34(63)22(9-11-26(42)54)48-37(66)30(18(3)4)51-35(64)23(10-13-28(57)58)46-32(61)20(41)8-12-27(55)56/h17-25,30-31,53H,6-16,41H2,1-5H3,(H2,42,54)(H,46,61)(H,47,67)(H,48,66)(H,49,63)(H,50,62)(H,51,64)(H,52,65)(H,55,56)(H,57,58)(H,59,60)(H,68,69)(H4,43,44,45)/p+2/t19-,20+,21+,22+,23+,24+,25+,30+,31+/m1/s1. The highest BCUT2D eigenvalue weighted by molar-refractivity contribution is 5.99. The van der Waals surface area contributed by atoms with Crippen molar-refractivity contribution in [3.63, 3.8) is 0 Å². The second-order valence-electron chi connectivity index (χ2n) is 16.9. The molecule has 22 N–H and O–H groups in total. The number of carboxylic acid groups (broad SMARTS) is 4. The summed E-state index contributed by atoms with van der Waals surface area (Å²) in [5.74, 6) is -15.5. The van der Waals surface area contributed by atoms with Gasteiger partial charge in [-0.2, -0.15) is 0 Å². The van der Waals surface area contributed by atoms with Crippen LogP contribution in [-0.2, 0) is 57.5 Å². The Bertz CT molecular complexity index is 1870. The Kier molecular flexibility index (Phi) is 27.8. The van der Waals surface area contributed by atoms with E-state index in [1.807, 2.05) is 0 Å². The molecule has 29 heteroatoms. The van der Waals surface area contributed by atoms with Crippen molar-refractivity contribution in [1.82, 2.24) is 37.2 Å². The van der Waals surface area contributed by atoms with Gasteiger partial charge in [0.2, 0.25) is 41.4 Å². The third-order valence-electron chi connectivity index (χ3n) is 9.94. The average Bonchev–Trinajstić information content (AvgIpc) is 3.22. The maximum absolute atomic E-state index is 13.8. The Morgan fingerprint density at radius 3 is 1.38 bits per heavy atom. The summed E-state index contributed by atoms with van der Waals surface area (Å²) in [4.78, 5) is 155. The number of hydrogen-bond acceptors (Lipinski definition) is 13. The third-order valence-corrected chi connectivity index (χ3v) is 9.94. The smallest absolute Gasteiger partial charge is 0.338 e. The summed E-state index contributed by atoms with van der Waals surface area (Å²) in [6.45, 7) is 7.49. The van der Waals surface area contributed by atoms with Gasteiger partial charge in [0, 0.05) is 19.3 Å². The van der Waals surface area contributed by atoms with E-state index >= 15 is 0 Å². The fourth-order valence-electron chi connectivity index (χ4n) is 6.21. The first-order valence-electron chi connectivity index (χ1n) is 21.9. The van der Waals surface area contributed by atoms with Crippen LogP contribution in [0, 0.1) is 11.8 Å². The molecular weight excluding hydrogens is 921 g/mol. The number of aliphatic hydroxyl groups excluding tert-OH is 1. The van der Waals surface area contributed by atoms with E-state index in [1.165, 1.54) is 13.8 Å². The number of nitrogens with one attached hydrogen (secondary N) is 8. The predicted octanol–water partition coefficient (Wildman–Crippen LogP) is -8.24. The molecule has 0 saturated carbocycles. The Morgan fingerprint density at radius 1 is 0.507 bits per heavy atom. The van der Waals surface area contributed by atoms with Crippen LogP contribution in [-0.4, -0.2) is 164 Å². The zero-order chi connectivity index (χ0) is 53.3. The number of aliphatic carboxylic acids is 4. The first kappa shape index (κ1) is 61.8. The molecular formula is C40H70N12O17+2. The van der Waals surface area contributed by atoms with Crippen molar-refractivity contribution in [2.45, 2.75) is 153 Å². The van der Waals surface area contributed by atoms with Crippen LogP contribution in [0.25, 0.3) is 0 Å². The van der Waals surface area contributed by atoms with E-state index in [-0.39, 0.29) is 44.1 Å². The van der Waals surface area contributed by atoms with E-state index in [0.29, 0.717) is 0 Å². The van der Waals surface area contributed by atoms with Gasteiger partial charge in [-0.25, -0.2) is 4.79 Å². The lowest BCUT2D eigenvalue weighted by molar-refractivity contribution is -0.459. The molecule has 0 aliphatic carbocycles. The molecule has 0 heterocycles. The first-order chi connectivity index (χ1) is 32.0. The van der Waals surface area contributed by atoms with Crippen LogP contribution in [0.3, 0.4) is 0 Å². The lowest BCUT2D eigenvalue weighted by atomic mass is 10.0. The van der Waals surface area contributed by atoms with Crippen molar-refractivity contribution in [3.05, 3.63) is 0 Å². The number of carbonyl (C=O) groups excluding carboxylic acids is 8. The van der Waals surface area contributed by atoms with E-state index in [0.717, 1.165) is 6.92 Å². The number of nitrogens with two attached hydrogens (primary N) is 3. The summed E-state index contributed by atoms with van der Waals surface area (Å²) < 4.78 is 0. The molecule has 0 unspecified atom stereocenters. The van der Waals surface area contributed by atoms with E-state index < -0.39 is 170 Å². The summed E-state index contributed by atoms with van der Waals surface area (Å²) >= 11 is 0. The molecule has 0 aromatic carbocycles. The van der Waals surface area contributed by atoms with Crippen LogP contribution in [0.1, 0.15) is 98.8 Å². The van der Waals surface area contributed by atoms with Gasteiger partial charge in [0.15, 0.2) is 6.04 Å². The molecule has 69 heavy (non-hydrogen) atoms. The molecule has 29 nitrogen and oxygen atoms in total. The number of quaternary nitrogens is 1. The number of carbonyl (C=O) groups is 12. The Balaban J connectivity index is 6.60. The van der Waals surface area contributed by atoms with Crippen molar-refractivity contribution in [3.8, 4) is 0 Å². The minimum absolute atomic E-state index is 0.0159. The minimum atomic E-state index is -2.06. The molecule has 0 bridgehead atoms. The van der Waals surface area contributed by atoms with E-state index in [4.69, 9.17) is 22.3 Å². The van der Waals surface area contributed by atoms with Gasteiger partial charge in [0.25, 0.3) is 5.91 Å². The molecule has 0 fully saturated rings. The fourth-order valence-corrected chi connectivity index (χ4v) is 6.21. The second kappa shape index (κ2) is 31.0. The van der Waals surface area contributed by atoms with Gasteiger partial charge in [-0.05, 0) is 50.9 Å². The van der Waals surface area contributed by atoms with Crippen LogP contribution in [0.2, 0.25) is 0 Å². The number of amides is 8. The minimum Gasteiger partial charge on any atom is -0.481 e. The van der Waals surface area contributed by atoms with Crippen molar-refractivity contribution in [2.75, 3.05) is 6.54 Å². The number of primary amides is 1. The van der Waals surface area contributed by atoms with Crippen LogP contribution in [0.4, 0.5) is 0 Å². The summed E-state index contributed by atoms with van der Waals surface area (Å²) in [6, 6.07) is -12.9. The number of rotatable bonds is 34. The number of carboxylic acids is 4. The van der Waals surface area contributed by atoms with Crippen molar-refractivity contribution < 1.29 is 93.8 Å².